The molecule has 0 saturated carbocycles. The third kappa shape index (κ3) is 3.91. The summed E-state index contributed by atoms with van der Waals surface area (Å²) in [6.07, 6.45) is 8.39. The fourth-order valence-electron chi connectivity index (χ4n) is 7.76. The van der Waals surface area contributed by atoms with Crippen LogP contribution in [0.25, 0.3) is 21.3 Å². The van der Waals surface area contributed by atoms with E-state index in [0.717, 1.165) is 84.0 Å². The summed E-state index contributed by atoms with van der Waals surface area (Å²) in [5.41, 5.74) is 2.26. The number of anilines is 2. The summed E-state index contributed by atoms with van der Waals surface area (Å²) in [5.74, 6) is 3.44. The standard InChI is InChI=1S/C29H36N4O3S/c1-35-15-17-11-18-7-8-19(12-17)32(18)27-26-24(23-5-3-4-6-25(23)36-2)16-37-28(26)31-29(30-27)33-20-9-10-21(33)14-22(34)13-20/h3-6,16-22,34H,7-15H2,1-2H3. The molecule has 0 amide bonds. The van der Waals surface area contributed by atoms with Gasteiger partial charge in [-0.15, -0.1) is 11.3 Å². The highest BCUT2D eigenvalue weighted by atomic mass is 32.1. The number of rotatable bonds is 6. The van der Waals surface area contributed by atoms with Gasteiger partial charge in [0, 0.05) is 54.4 Å². The molecular formula is C29H36N4O3S. The van der Waals surface area contributed by atoms with Crippen LogP contribution in [0.1, 0.15) is 51.4 Å². The van der Waals surface area contributed by atoms with Gasteiger partial charge >= 0.3 is 0 Å². The maximum atomic E-state index is 10.4. The number of aliphatic hydroxyl groups is 1. The Balaban J connectivity index is 1.38. The van der Waals surface area contributed by atoms with Crippen molar-refractivity contribution in [2.24, 2.45) is 5.92 Å². The first-order chi connectivity index (χ1) is 18.1. The fraction of sp³-hybridized carbons (Fsp3) is 0.586. The maximum Gasteiger partial charge on any atom is 0.229 e. The van der Waals surface area contributed by atoms with Crippen LogP contribution < -0.4 is 14.5 Å². The molecule has 8 heteroatoms. The second-order valence-electron chi connectivity index (χ2n) is 11.4. The molecule has 2 aromatic heterocycles. The minimum atomic E-state index is -0.202. The predicted molar refractivity (Wildman–Crippen MR) is 148 cm³/mol. The van der Waals surface area contributed by atoms with Gasteiger partial charge in [-0.05, 0) is 63.4 Å². The van der Waals surface area contributed by atoms with E-state index < -0.39 is 0 Å². The molecule has 0 spiro atoms. The van der Waals surface area contributed by atoms with Crippen molar-refractivity contribution in [3.05, 3.63) is 29.6 Å². The number of piperidine rings is 2. The van der Waals surface area contributed by atoms with Gasteiger partial charge in [-0.2, -0.15) is 4.98 Å². The first kappa shape index (κ1) is 23.7. The second kappa shape index (κ2) is 9.40. The van der Waals surface area contributed by atoms with Crippen molar-refractivity contribution in [2.45, 2.75) is 81.6 Å². The van der Waals surface area contributed by atoms with Crippen LogP contribution in [-0.4, -0.2) is 66.2 Å². The van der Waals surface area contributed by atoms with Gasteiger partial charge in [-0.1, -0.05) is 18.2 Å². The number of ether oxygens (including phenoxy) is 2. The second-order valence-corrected chi connectivity index (χ2v) is 12.2. The zero-order valence-corrected chi connectivity index (χ0v) is 22.5. The van der Waals surface area contributed by atoms with E-state index in [2.05, 4.69) is 27.3 Å². The van der Waals surface area contributed by atoms with Crippen molar-refractivity contribution in [3.8, 4) is 16.9 Å². The summed E-state index contributed by atoms with van der Waals surface area (Å²) in [7, 11) is 3.56. The van der Waals surface area contributed by atoms with Gasteiger partial charge in [0.05, 0.1) is 18.6 Å². The van der Waals surface area contributed by atoms with Gasteiger partial charge in [-0.25, -0.2) is 4.98 Å². The molecule has 3 aromatic rings. The number of methoxy groups -OCH3 is 2. The molecule has 6 heterocycles. The molecule has 4 saturated heterocycles. The molecule has 0 radical (unpaired) electrons. The highest BCUT2D eigenvalue weighted by molar-refractivity contribution is 7.17. The Morgan fingerprint density at radius 3 is 2.24 bits per heavy atom. The molecule has 7 nitrogen and oxygen atoms in total. The first-order valence-electron chi connectivity index (χ1n) is 13.8. The summed E-state index contributed by atoms with van der Waals surface area (Å²) in [6.45, 7) is 0.843. The van der Waals surface area contributed by atoms with Crippen molar-refractivity contribution >= 4 is 33.3 Å². The van der Waals surface area contributed by atoms with Gasteiger partial charge in [0.15, 0.2) is 0 Å². The number of nitrogens with zero attached hydrogens (tertiary/aromatic N) is 4. The molecule has 1 aromatic carbocycles. The summed E-state index contributed by atoms with van der Waals surface area (Å²) < 4.78 is 11.3. The smallest absolute Gasteiger partial charge is 0.229 e. The number of hydrogen-bond acceptors (Lipinski definition) is 8. The minimum Gasteiger partial charge on any atom is -0.496 e. The molecule has 4 unspecified atom stereocenters. The zero-order valence-electron chi connectivity index (χ0n) is 21.7. The van der Waals surface area contributed by atoms with Crippen molar-refractivity contribution in [2.75, 3.05) is 30.6 Å². The van der Waals surface area contributed by atoms with E-state index in [0.29, 0.717) is 30.1 Å². The van der Waals surface area contributed by atoms with Gasteiger partial charge in [0.1, 0.15) is 16.4 Å². The molecular weight excluding hydrogens is 484 g/mol. The number of para-hydroxylation sites is 1. The lowest BCUT2D eigenvalue weighted by molar-refractivity contribution is 0.125. The normalized spacial score (nSPS) is 30.9. The molecule has 4 atom stereocenters. The molecule has 0 aliphatic carbocycles. The minimum absolute atomic E-state index is 0.202. The lowest BCUT2D eigenvalue weighted by Crippen LogP contribution is -2.47. The van der Waals surface area contributed by atoms with Gasteiger partial charge in [0.2, 0.25) is 5.95 Å². The van der Waals surface area contributed by atoms with Crippen molar-refractivity contribution in [1.82, 2.24) is 9.97 Å². The van der Waals surface area contributed by atoms with E-state index in [1.54, 1.807) is 18.4 Å². The monoisotopic (exact) mass is 520 g/mol. The molecule has 7 rings (SSSR count). The Morgan fingerprint density at radius 2 is 1.57 bits per heavy atom. The summed E-state index contributed by atoms with van der Waals surface area (Å²) in [4.78, 5) is 16.8. The lowest BCUT2D eigenvalue weighted by atomic mass is 9.91. The lowest BCUT2D eigenvalue weighted by Gasteiger charge is -2.41. The Labute approximate surface area is 222 Å². The number of aromatic nitrogens is 2. The van der Waals surface area contributed by atoms with E-state index in [4.69, 9.17) is 19.4 Å². The molecule has 196 valence electrons. The van der Waals surface area contributed by atoms with E-state index >= 15 is 0 Å². The quantitative estimate of drug-likeness (QED) is 0.476. The van der Waals surface area contributed by atoms with Crippen LogP contribution in [-0.2, 0) is 4.74 Å². The van der Waals surface area contributed by atoms with E-state index in [-0.39, 0.29) is 6.10 Å². The Morgan fingerprint density at radius 1 is 0.892 bits per heavy atom. The summed E-state index contributed by atoms with van der Waals surface area (Å²) >= 11 is 1.71. The predicted octanol–water partition coefficient (Wildman–Crippen LogP) is 5.25. The van der Waals surface area contributed by atoms with Crippen molar-refractivity contribution in [3.63, 3.8) is 0 Å². The average molecular weight is 521 g/mol. The van der Waals surface area contributed by atoms with Gasteiger partial charge < -0.3 is 24.4 Å². The Hall–Kier alpha value is -2.42. The number of fused-ring (bicyclic) bond motifs is 5. The van der Waals surface area contributed by atoms with Crippen molar-refractivity contribution < 1.29 is 14.6 Å². The number of benzene rings is 1. The average Bonchev–Trinajstić information content (AvgIpc) is 3.53. The van der Waals surface area contributed by atoms with Crippen LogP contribution in [0.5, 0.6) is 5.75 Å². The first-order valence-corrected chi connectivity index (χ1v) is 14.7. The number of thiophene rings is 1. The molecule has 37 heavy (non-hydrogen) atoms. The molecule has 1 N–H and O–H groups in total. The Kier molecular flexibility index (Phi) is 6.02. The molecule has 4 bridgehead atoms. The third-order valence-corrected chi connectivity index (χ3v) is 10.1. The summed E-state index contributed by atoms with van der Waals surface area (Å²) in [6, 6.07) is 9.90. The third-order valence-electron chi connectivity index (χ3n) is 9.22. The maximum absolute atomic E-state index is 10.4. The largest absolute Gasteiger partial charge is 0.496 e. The molecule has 4 aliphatic heterocycles. The van der Waals surface area contributed by atoms with Crippen LogP contribution in [0, 0.1) is 5.92 Å². The topological polar surface area (TPSA) is 71.0 Å². The zero-order chi connectivity index (χ0) is 25.1. The van der Waals surface area contributed by atoms with Crippen LogP contribution in [0.15, 0.2) is 29.6 Å². The SMILES string of the molecule is COCC1CC2CCC(C1)N2c1nc(N2C3CCC2CC(O)C3)nc2scc(-c3ccccc3OC)c12. The van der Waals surface area contributed by atoms with E-state index in [9.17, 15) is 5.11 Å². The van der Waals surface area contributed by atoms with Gasteiger partial charge in [-0.3, -0.25) is 0 Å². The molecule has 4 fully saturated rings. The van der Waals surface area contributed by atoms with E-state index in [1.165, 1.54) is 12.8 Å². The van der Waals surface area contributed by atoms with E-state index in [1.807, 2.05) is 19.2 Å². The number of aliphatic hydroxyl groups excluding tert-OH is 1. The van der Waals surface area contributed by atoms with Crippen LogP contribution in [0.4, 0.5) is 11.8 Å². The Bertz CT molecular complexity index is 1270. The molecule has 4 aliphatic rings. The van der Waals surface area contributed by atoms with Crippen LogP contribution in [0.2, 0.25) is 0 Å². The summed E-state index contributed by atoms with van der Waals surface area (Å²) in [5, 5.41) is 13.8. The van der Waals surface area contributed by atoms with Crippen LogP contribution >= 0.6 is 11.3 Å². The van der Waals surface area contributed by atoms with Crippen molar-refractivity contribution in [1.29, 1.82) is 0 Å². The van der Waals surface area contributed by atoms with Crippen LogP contribution in [0.3, 0.4) is 0 Å². The fourth-order valence-corrected chi connectivity index (χ4v) is 8.69. The number of hydrogen-bond donors (Lipinski definition) is 1. The highest BCUT2D eigenvalue weighted by Gasteiger charge is 2.45. The van der Waals surface area contributed by atoms with Gasteiger partial charge in [0.25, 0.3) is 0 Å². The highest BCUT2D eigenvalue weighted by Crippen LogP contribution is 2.49.